The van der Waals surface area contributed by atoms with Gasteiger partial charge in [0.1, 0.15) is 6.10 Å². The van der Waals surface area contributed by atoms with Crippen LogP contribution >= 0.6 is 12.4 Å². The van der Waals surface area contributed by atoms with Crippen LogP contribution in [-0.4, -0.2) is 48.5 Å². The molecule has 1 fully saturated rings. The molecule has 6 nitrogen and oxygen atoms in total. The maximum absolute atomic E-state index is 12.5. The van der Waals surface area contributed by atoms with E-state index in [0.717, 1.165) is 5.56 Å². The van der Waals surface area contributed by atoms with E-state index < -0.39 is 6.04 Å². The van der Waals surface area contributed by atoms with Crippen LogP contribution < -0.4 is 11.1 Å². The predicted octanol–water partition coefficient (Wildman–Crippen LogP) is 1.50. The van der Waals surface area contributed by atoms with Gasteiger partial charge in [0.05, 0.1) is 31.8 Å². The smallest absolute Gasteiger partial charge is 0.242 e. The zero-order chi connectivity index (χ0) is 17.7. The number of ether oxygens (including phenoxy) is 1. The first-order chi connectivity index (χ1) is 11.4. The molecule has 7 heteroatoms. The second-order valence-electron chi connectivity index (χ2n) is 6.62. The largest absolute Gasteiger partial charge is 0.370 e. The Bertz CT molecular complexity index is 568. The fraction of sp³-hybridized carbons (Fsp3) is 0.556. The first-order valence-corrected chi connectivity index (χ1v) is 8.39. The van der Waals surface area contributed by atoms with Gasteiger partial charge in [-0.2, -0.15) is 0 Å². The summed E-state index contributed by atoms with van der Waals surface area (Å²) in [7, 11) is 0. The van der Waals surface area contributed by atoms with E-state index in [4.69, 9.17) is 10.5 Å². The summed E-state index contributed by atoms with van der Waals surface area (Å²) in [6, 6.07) is 9.22. The van der Waals surface area contributed by atoms with Gasteiger partial charge in [0.25, 0.3) is 0 Å². The van der Waals surface area contributed by atoms with E-state index in [-0.39, 0.29) is 48.8 Å². The minimum absolute atomic E-state index is 0. The van der Waals surface area contributed by atoms with Crippen molar-refractivity contribution >= 4 is 24.2 Å². The van der Waals surface area contributed by atoms with Crippen molar-refractivity contribution in [3.8, 4) is 0 Å². The Balaban J connectivity index is 0.00000312. The van der Waals surface area contributed by atoms with Crippen molar-refractivity contribution in [1.29, 1.82) is 0 Å². The fourth-order valence-corrected chi connectivity index (χ4v) is 2.66. The summed E-state index contributed by atoms with van der Waals surface area (Å²) in [4.78, 5) is 26.2. The summed E-state index contributed by atoms with van der Waals surface area (Å²) < 4.78 is 5.85. The number of carbonyl (C=O) groups excluding carboxylic acids is 2. The maximum atomic E-state index is 12.5. The van der Waals surface area contributed by atoms with Crippen molar-refractivity contribution in [3.63, 3.8) is 0 Å². The number of benzene rings is 1. The van der Waals surface area contributed by atoms with Crippen LogP contribution in [0.25, 0.3) is 0 Å². The van der Waals surface area contributed by atoms with Gasteiger partial charge in [-0.3, -0.25) is 9.59 Å². The van der Waals surface area contributed by atoms with Crippen LogP contribution in [0.2, 0.25) is 0 Å². The number of nitrogens with one attached hydrogen (secondary N) is 1. The summed E-state index contributed by atoms with van der Waals surface area (Å²) in [6.45, 7) is 6.62. The van der Waals surface area contributed by atoms with E-state index in [9.17, 15) is 9.59 Å². The van der Waals surface area contributed by atoms with E-state index in [2.05, 4.69) is 5.32 Å². The first-order valence-electron chi connectivity index (χ1n) is 8.39. The van der Waals surface area contributed by atoms with E-state index in [1.807, 2.05) is 51.1 Å². The molecule has 1 heterocycles. The van der Waals surface area contributed by atoms with Crippen molar-refractivity contribution in [3.05, 3.63) is 35.9 Å². The lowest BCUT2D eigenvalue weighted by atomic mass is 10.0. The van der Waals surface area contributed by atoms with Crippen LogP contribution in [0.1, 0.15) is 32.4 Å². The number of hydrogen-bond acceptors (Lipinski definition) is 4. The van der Waals surface area contributed by atoms with Gasteiger partial charge in [-0.1, -0.05) is 44.2 Å². The summed E-state index contributed by atoms with van der Waals surface area (Å²) in [6.07, 6.45) is -0.139. The first kappa shape index (κ1) is 21.4. The van der Waals surface area contributed by atoms with Gasteiger partial charge in [0, 0.05) is 0 Å². The Hall–Kier alpha value is -1.63. The van der Waals surface area contributed by atoms with E-state index in [0.29, 0.717) is 13.2 Å². The lowest BCUT2D eigenvalue weighted by Crippen LogP contribution is -2.53. The Morgan fingerprint density at radius 2 is 1.96 bits per heavy atom. The van der Waals surface area contributed by atoms with E-state index in [1.165, 1.54) is 0 Å². The molecule has 140 valence electrons. The van der Waals surface area contributed by atoms with Crippen LogP contribution in [0.3, 0.4) is 0 Å². The number of nitrogens with zero attached hydrogens (tertiary/aromatic N) is 1. The average Bonchev–Trinajstić information content (AvgIpc) is 2.59. The summed E-state index contributed by atoms with van der Waals surface area (Å²) in [5.41, 5.74) is 6.84. The molecule has 0 bridgehead atoms. The average molecular weight is 370 g/mol. The summed E-state index contributed by atoms with van der Waals surface area (Å²) >= 11 is 0. The van der Waals surface area contributed by atoms with Gasteiger partial charge in [0.15, 0.2) is 0 Å². The highest BCUT2D eigenvalue weighted by Crippen LogP contribution is 2.24. The van der Waals surface area contributed by atoms with Crippen LogP contribution in [-0.2, 0) is 14.3 Å². The molecule has 3 N–H and O–H groups in total. The topological polar surface area (TPSA) is 84.7 Å². The molecule has 0 aliphatic carbocycles. The van der Waals surface area contributed by atoms with Crippen LogP contribution in [0.15, 0.2) is 30.3 Å². The molecule has 1 aromatic rings. The maximum Gasteiger partial charge on any atom is 0.242 e. The molecule has 1 aliphatic rings. The van der Waals surface area contributed by atoms with Crippen LogP contribution in [0, 0.1) is 5.92 Å². The number of nitrogens with two attached hydrogens (primary N) is 1. The molecule has 25 heavy (non-hydrogen) atoms. The molecule has 0 spiro atoms. The van der Waals surface area contributed by atoms with Crippen molar-refractivity contribution in [2.45, 2.75) is 39.0 Å². The monoisotopic (exact) mass is 369 g/mol. The van der Waals surface area contributed by atoms with Gasteiger partial charge >= 0.3 is 0 Å². The van der Waals surface area contributed by atoms with Crippen molar-refractivity contribution in [2.24, 2.45) is 11.7 Å². The molecule has 0 saturated carbocycles. The number of hydrogen-bond donors (Lipinski definition) is 2. The standard InChI is InChI=1S/C18H27N3O3.ClH/c1-12(2)17(19)18(23)20-9-16(22)21-10-15(24-11-13(21)3)14-7-5-4-6-8-14;/h4-8,12-13,15,17H,9-11,19H2,1-3H3,(H,20,23);1H/t13?,15?,17-;/m0./s1. The molecule has 2 unspecified atom stereocenters. The third kappa shape index (κ3) is 5.70. The molecule has 0 aromatic heterocycles. The zero-order valence-electron chi connectivity index (χ0n) is 15.0. The van der Waals surface area contributed by atoms with Gasteiger partial charge in [-0.05, 0) is 18.4 Å². The van der Waals surface area contributed by atoms with Crippen molar-refractivity contribution in [2.75, 3.05) is 19.7 Å². The highest BCUT2D eigenvalue weighted by atomic mass is 35.5. The highest BCUT2D eigenvalue weighted by molar-refractivity contribution is 5.87. The zero-order valence-corrected chi connectivity index (χ0v) is 15.8. The molecular weight excluding hydrogens is 342 g/mol. The fourth-order valence-electron chi connectivity index (χ4n) is 2.66. The number of halogens is 1. The third-order valence-electron chi connectivity index (χ3n) is 4.36. The molecule has 1 aliphatic heterocycles. The highest BCUT2D eigenvalue weighted by Gasteiger charge is 2.30. The van der Waals surface area contributed by atoms with Gasteiger partial charge in [-0.15, -0.1) is 12.4 Å². The lowest BCUT2D eigenvalue weighted by molar-refractivity contribution is -0.144. The van der Waals surface area contributed by atoms with Gasteiger partial charge in [-0.25, -0.2) is 0 Å². The van der Waals surface area contributed by atoms with Gasteiger partial charge < -0.3 is 20.7 Å². The second-order valence-corrected chi connectivity index (χ2v) is 6.62. The normalized spacial score (nSPS) is 21.4. The quantitative estimate of drug-likeness (QED) is 0.823. The van der Waals surface area contributed by atoms with Crippen molar-refractivity contribution < 1.29 is 14.3 Å². The Kier molecular flexibility index (Phi) is 8.35. The SMILES string of the molecule is CC(C)[C@H](N)C(=O)NCC(=O)N1CC(c2ccccc2)OCC1C.Cl. The molecule has 2 amide bonds. The molecule has 0 radical (unpaired) electrons. The Labute approximate surface area is 155 Å². The van der Waals surface area contributed by atoms with Crippen molar-refractivity contribution in [1.82, 2.24) is 10.2 Å². The number of carbonyl (C=O) groups is 2. The molecule has 3 atom stereocenters. The lowest BCUT2D eigenvalue weighted by Gasteiger charge is -2.38. The van der Waals surface area contributed by atoms with Crippen LogP contribution in [0.4, 0.5) is 0 Å². The van der Waals surface area contributed by atoms with E-state index in [1.54, 1.807) is 4.90 Å². The predicted molar refractivity (Wildman–Crippen MR) is 99.4 cm³/mol. The number of rotatable bonds is 5. The van der Waals surface area contributed by atoms with Crippen LogP contribution in [0.5, 0.6) is 0 Å². The Morgan fingerprint density at radius 1 is 1.32 bits per heavy atom. The summed E-state index contributed by atoms with van der Waals surface area (Å²) in [5.74, 6) is -0.375. The number of amides is 2. The molecular formula is C18H28ClN3O3. The minimum Gasteiger partial charge on any atom is -0.370 e. The Morgan fingerprint density at radius 3 is 2.56 bits per heavy atom. The summed E-state index contributed by atoms with van der Waals surface area (Å²) in [5, 5.41) is 2.64. The molecule has 2 rings (SSSR count). The number of morpholine rings is 1. The molecule has 1 aromatic carbocycles. The van der Waals surface area contributed by atoms with Gasteiger partial charge in [0.2, 0.25) is 11.8 Å². The minimum atomic E-state index is -0.600. The molecule has 1 saturated heterocycles. The second kappa shape index (κ2) is 9.75. The van der Waals surface area contributed by atoms with E-state index >= 15 is 0 Å². The third-order valence-corrected chi connectivity index (χ3v) is 4.36.